The van der Waals surface area contributed by atoms with Crippen LogP contribution in [0.5, 0.6) is 0 Å². The fraction of sp³-hybridized carbons (Fsp3) is 0.316. The van der Waals surface area contributed by atoms with Crippen LogP contribution in [0.15, 0.2) is 48.5 Å². The summed E-state index contributed by atoms with van der Waals surface area (Å²) in [7, 11) is 0. The summed E-state index contributed by atoms with van der Waals surface area (Å²) in [6, 6.07) is 14.7. The van der Waals surface area contributed by atoms with Crippen LogP contribution in [0.4, 0.5) is 10.5 Å². The van der Waals surface area contributed by atoms with Crippen LogP contribution >= 0.6 is 0 Å². The molecule has 5 nitrogen and oxygen atoms in total. The Morgan fingerprint density at radius 3 is 2.83 bits per heavy atom. The first kappa shape index (κ1) is 16.5. The molecule has 0 radical (unpaired) electrons. The first-order chi connectivity index (χ1) is 11.6. The highest BCUT2D eigenvalue weighted by Crippen LogP contribution is 2.29. The summed E-state index contributed by atoms with van der Waals surface area (Å²) >= 11 is 0. The normalized spacial score (nSPS) is 19.9. The molecule has 0 saturated heterocycles. The van der Waals surface area contributed by atoms with Gasteiger partial charge < -0.3 is 15.6 Å². The lowest BCUT2D eigenvalue weighted by atomic mass is 9.98. The standard InChI is InChI=1S/C19H22N2O3/c20-18-16-11-15(10-9-14(16)7-4-8-17(18)22)21-19(23)24-12-13-5-2-1-3-6-13/h1-3,5-6,9-11,17-18,22H,4,7-8,12,20H2,(H,21,23)/t17-,18+/m0/s1. The Hall–Kier alpha value is -2.37. The molecule has 126 valence electrons. The fourth-order valence-electron chi connectivity index (χ4n) is 2.98. The van der Waals surface area contributed by atoms with E-state index in [2.05, 4.69) is 5.32 Å². The average molecular weight is 326 g/mol. The molecule has 2 aromatic rings. The monoisotopic (exact) mass is 326 g/mol. The minimum Gasteiger partial charge on any atom is -0.444 e. The topological polar surface area (TPSA) is 84.6 Å². The van der Waals surface area contributed by atoms with Gasteiger partial charge in [0.15, 0.2) is 0 Å². The minimum atomic E-state index is -0.550. The second-order valence-corrected chi connectivity index (χ2v) is 6.09. The molecule has 0 fully saturated rings. The van der Waals surface area contributed by atoms with Crippen molar-refractivity contribution in [2.24, 2.45) is 5.73 Å². The zero-order valence-electron chi connectivity index (χ0n) is 13.4. The molecule has 2 aromatic carbocycles. The van der Waals surface area contributed by atoms with Crippen molar-refractivity contribution in [3.05, 3.63) is 65.2 Å². The number of hydrogen-bond acceptors (Lipinski definition) is 4. The highest BCUT2D eigenvalue weighted by molar-refractivity contribution is 5.84. The highest BCUT2D eigenvalue weighted by Gasteiger charge is 2.23. The van der Waals surface area contributed by atoms with Crippen LogP contribution in [0.3, 0.4) is 0 Å². The van der Waals surface area contributed by atoms with Crippen LogP contribution in [0.25, 0.3) is 0 Å². The molecular formula is C19H22N2O3. The lowest BCUT2D eigenvalue weighted by Crippen LogP contribution is -2.25. The Balaban J connectivity index is 1.65. The van der Waals surface area contributed by atoms with Crippen molar-refractivity contribution < 1.29 is 14.6 Å². The van der Waals surface area contributed by atoms with Gasteiger partial charge in [-0.2, -0.15) is 0 Å². The maximum Gasteiger partial charge on any atom is 0.411 e. The second kappa shape index (κ2) is 7.47. The predicted octanol–water partition coefficient (Wildman–Crippen LogP) is 3.13. The SMILES string of the molecule is N[C@@H]1c2cc(NC(=O)OCc3ccccc3)ccc2CCC[C@@H]1O. The summed E-state index contributed by atoms with van der Waals surface area (Å²) in [6.45, 7) is 0.218. The number of fused-ring (bicyclic) bond motifs is 1. The Morgan fingerprint density at radius 1 is 1.25 bits per heavy atom. The largest absolute Gasteiger partial charge is 0.444 e. The summed E-state index contributed by atoms with van der Waals surface area (Å²) in [5, 5.41) is 12.8. The number of amides is 1. The van der Waals surface area contributed by atoms with Crippen LogP contribution in [0, 0.1) is 0 Å². The van der Waals surface area contributed by atoms with E-state index in [9.17, 15) is 9.90 Å². The number of aliphatic hydroxyl groups is 1. The van der Waals surface area contributed by atoms with Gasteiger partial charge in [0.05, 0.1) is 12.1 Å². The van der Waals surface area contributed by atoms with Gasteiger partial charge in [0.25, 0.3) is 0 Å². The maximum absolute atomic E-state index is 12.0. The first-order valence-electron chi connectivity index (χ1n) is 8.17. The Labute approximate surface area is 141 Å². The Kier molecular flexibility index (Phi) is 5.13. The minimum absolute atomic E-state index is 0.218. The zero-order chi connectivity index (χ0) is 16.9. The lowest BCUT2D eigenvalue weighted by molar-refractivity contribution is 0.136. The van der Waals surface area contributed by atoms with E-state index >= 15 is 0 Å². The smallest absolute Gasteiger partial charge is 0.411 e. The molecule has 0 heterocycles. The quantitative estimate of drug-likeness (QED) is 0.757. The zero-order valence-corrected chi connectivity index (χ0v) is 13.4. The third-order valence-corrected chi connectivity index (χ3v) is 4.32. The van der Waals surface area contributed by atoms with Crippen LogP contribution < -0.4 is 11.1 Å². The fourth-order valence-corrected chi connectivity index (χ4v) is 2.98. The molecule has 0 bridgehead atoms. The van der Waals surface area contributed by atoms with E-state index in [1.165, 1.54) is 0 Å². The van der Waals surface area contributed by atoms with Crippen molar-refractivity contribution in [2.45, 2.75) is 38.0 Å². The molecule has 0 aliphatic heterocycles. The first-order valence-corrected chi connectivity index (χ1v) is 8.17. The number of carbonyl (C=O) groups excluding carboxylic acids is 1. The van der Waals surface area contributed by atoms with Gasteiger partial charge in [-0.3, -0.25) is 5.32 Å². The van der Waals surface area contributed by atoms with Crippen molar-refractivity contribution in [1.82, 2.24) is 0 Å². The molecule has 2 atom stereocenters. The van der Waals surface area contributed by atoms with E-state index in [4.69, 9.17) is 10.5 Å². The number of rotatable bonds is 3. The summed E-state index contributed by atoms with van der Waals surface area (Å²) in [6.07, 6.45) is 1.43. The molecule has 0 saturated carbocycles. The number of anilines is 1. The predicted molar refractivity (Wildman–Crippen MR) is 92.6 cm³/mol. The molecule has 3 rings (SSSR count). The van der Waals surface area contributed by atoms with Gasteiger partial charge in [-0.15, -0.1) is 0 Å². The molecule has 1 aliphatic carbocycles. The van der Waals surface area contributed by atoms with E-state index < -0.39 is 18.2 Å². The van der Waals surface area contributed by atoms with Gasteiger partial charge in [-0.25, -0.2) is 4.79 Å². The Bertz CT molecular complexity index is 703. The van der Waals surface area contributed by atoms with Crippen LogP contribution in [0.2, 0.25) is 0 Å². The number of aryl methyl sites for hydroxylation is 1. The molecule has 0 spiro atoms. The summed E-state index contributed by atoms with van der Waals surface area (Å²) in [5.74, 6) is 0. The van der Waals surface area contributed by atoms with E-state index in [0.29, 0.717) is 12.1 Å². The van der Waals surface area contributed by atoms with Crippen molar-refractivity contribution >= 4 is 11.8 Å². The second-order valence-electron chi connectivity index (χ2n) is 6.09. The van der Waals surface area contributed by atoms with Gasteiger partial charge in [0, 0.05) is 5.69 Å². The van der Waals surface area contributed by atoms with Gasteiger partial charge >= 0.3 is 6.09 Å². The van der Waals surface area contributed by atoms with Crippen molar-refractivity contribution in [2.75, 3.05) is 5.32 Å². The van der Waals surface area contributed by atoms with Gasteiger partial charge in [0.1, 0.15) is 6.61 Å². The number of nitrogens with one attached hydrogen (secondary N) is 1. The number of carbonyl (C=O) groups is 1. The molecule has 0 aromatic heterocycles. The Morgan fingerprint density at radius 2 is 2.04 bits per heavy atom. The van der Waals surface area contributed by atoms with Crippen molar-refractivity contribution in [3.8, 4) is 0 Å². The molecule has 4 N–H and O–H groups in total. The highest BCUT2D eigenvalue weighted by atomic mass is 16.5. The van der Waals surface area contributed by atoms with Gasteiger partial charge in [0.2, 0.25) is 0 Å². The molecule has 0 unspecified atom stereocenters. The average Bonchev–Trinajstić information content (AvgIpc) is 2.74. The van der Waals surface area contributed by atoms with Gasteiger partial charge in [-0.1, -0.05) is 36.4 Å². The lowest BCUT2D eigenvalue weighted by Gasteiger charge is -2.19. The van der Waals surface area contributed by atoms with Crippen molar-refractivity contribution in [3.63, 3.8) is 0 Å². The molecule has 1 aliphatic rings. The molecular weight excluding hydrogens is 304 g/mol. The molecule has 5 heteroatoms. The van der Waals surface area contributed by atoms with E-state index in [0.717, 1.165) is 29.5 Å². The molecule has 24 heavy (non-hydrogen) atoms. The summed E-state index contributed by atoms with van der Waals surface area (Å²) in [5.41, 5.74) is 9.70. The third kappa shape index (κ3) is 3.93. The maximum atomic E-state index is 12.0. The van der Waals surface area contributed by atoms with Crippen LogP contribution in [0.1, 0.15) is 35.6 Å². The number of nitrogens with two attached hydrogens (primary N) is 1. The number of aliphatic hydroxyl groups excluding tert-OH is 1. The van der Waals surface area contributed by atoms with Crippen molar-refractivity contribution in [1.29, 1.82) is 0 Å². The van der Waals surface area contributed by atoms with E-state index in [-0.39, 0.29) is 6.61 Å². The number of benzene rings is 2. The number of hydrogen-bond donors (Lipinski definition) is 3. The number of ether oxygens (including phenoxy) is 1. The van der Waals surface area contributed by atoms with Crippen LogP contribution in [-0.4, -0.2) is 17.3 Å². The third-order valence-electron chi connectivity index (χ3n) is 4.32. The summed E-state index contributed by atoms with van der Waals surface area (Å²) in [4.78, 5) is 12.0. The van der Waals surface area contributed by atoms with Gasteiger partial charge in [-0.05, 0) is 48.1 Å². The van der Waals surface area contributed by atoms with E-state index in [1.807, 2.05) is 48.5 Å². The molecule has 1 amide bonds. The van der Waals surface area contributed by atoms with E-state index in [1.54, 1.807) is 0 Å². The van der Waals surface area contributed by atoms with Crippen LogP contribution in [-0.2, 0) is 17.8 Å². The summed E-state index contributed by atoms with van der Waals surface area (Å²) < 4.78 is 5.22.